The van der Waals surface area contributed by atoms with Crippen molar-refractivity contribution in [2.24, 2.45) is 0 Å². The van der Waals surface area contributed by atoms with Crippen LogP contribution >= 0.6 is 34.7 Å². The van der Waals surface area contributed by atoms with Gasteiger partial charge in [-0.2, -0.15) is 0 Å². The predicted octanol–water partition coefficient (Wildman–Crippen LogP) is 5.37. The topological polar surface area (TPSA) is 54.9 Å². The van der Waals surface area contributed by atoms with Crippen LogP contribution in [0.2, 0.25) is 5.02 Å². The Bertz CT molecular complexity index is 837. The molecule has 1 atom stereocenters. The number of benzene rings is 2. The van der Waals surface area contributed by atoms with Gasteiger partial charge in [-0.1, -0.05) is 60.2 Å². The molecule has 4 nitrogen and oxygen atoms in total. The molecular formula is C18H16ClN3OS2. The molecule has 0 aliphatic heterocycles. The fourth-order valence-electron chi connectivity index (χ4n) is 2.16. The summed E-state index contributed by atoms with van der Waals surface area (Å²) in [6.07, 6.45) is 0.712. The molecule has 128 valence electrons. The predicted molar refractivity (Wildman–Crippen MR) is 105 cm³/mol. The van der Waals surface area contributed by atoms with E-state index in [1.165, 1.54) is 23.1 Å². The minimum atomic E-state index is -0.203. The van der Waals surface area contributed by atoms with Crippen LogP contribution < -0.4 is 5.32 Å². The number of hydrogen-bond donors (Lipinski definition) is 1. The first-order chi connectivity index (χ1) is 12.2. The third-order valence-corrected chi connectivity index (χ3v) is 5.95. The van der Waals surface area contributed by atoms with Gasteiger partial charge in [0.25, 0.3) is 0 Å². The van der Waals surface area contributed by atoms with Gasteiger partial charge in [0, 0.05) is 15.5 Å². The Morgan fingerprint density at radius 2 is 1.88 bits per heavy atom. The SMILES string of the molecule is CC[C@@H](Sc1ccc(Cl)cc1)C(=O)Nc1nnc(-c2ccccc2)s1. The van der Waals surface area contributed by atoms with Gasteiger partial charge in [-0.15, -0.1) is 22.0 Å². The number of rotatable bonds is 6. The molecule has 0 unspecified atom stereocenters. The molecule has 7 heteroatoms. The summed E-state index contributed by atoms with van der Waals surface area (Å²) in [7, 11) is 0. The number of aromatic nitrogens is 2. The average molecular weight is 390 g/mol. The monoisotopic (exact) mass is 389 g/mol. The first-order valence-electron chi connectivity index (χ1n) is 7.77. The van der Waals surface area contributed by atoms with E-state index in [0.29, 0.717) is 16.6 Å². The van der Waals surface area contributed by atoms with Crippen LogP contribution in [-0.4, -0.2) is 21.4 Å². The molecule has 0 saturated carbocycles. The number of halogens is 1. The van der Waals surface area contributed by atoms with Gasteiger partial charge in [0.1, 0.15) is 5.01 Å². The summed E-state index contributed by atoms with van der Waals surface area (Å²) >= 11 is 8.79. The number of hydrogen-bond acceptors (Lipinski definition) is 5. The zero-order valence-corrected chi connectivity index (χ0v) is 15.9. The van der Waals surface area contributed by atoms with E-state index < -0.39 is 0 Å². The molecule has 0 aliphatic rings. The Morgan fingerprint density at radius 3 is 2.56 bits per heavy atom. The van der Waals surface area contributed by atoms with E-state index in [9.17, 15) is 4.79 Å². The minimum absolute atomic E-state index is 0.0711. The largest absolute Gasteiger partial charge is 0.300 e. The molecule has 0 radical (unpaired) electrons. The van der Waals surface area contributed by atoms with E-state index in [4.69, 9.17) is 11.6 Å². The Kier molecular flexibility index (Phi) is 6.07. The maximum atomic E-state index is 12.5. The highest BCUT2D eigenvalue weighted by atomic mass is 35.5. The maximum Gasteiger partial charge on any atom is 0.239 e. The van der Waals surface area contributed by atoms with Crippen LogP contribution in [0.1, 0.15) is 13.3 Å². The normalized spacial score (nSPS) is 11.9. The Balaban J connectivity index is 1.66. The summed E-state index contributed by atoms with van der Waals surface area (Å²) in [6, 6.07) is 17.3. The summed E-state index contributed by atoms with van der Waals surface area (Å²) in [6.45, 7) is 1.99. The van der Waals surface area contributed by atoms with Crippen LogP contribution in [0.15, 0.2) is 59.5 Å². The number of carbonyl (C=O) groups excluding carboxylic acids is 1. The van der Waals surface area contributed by atoms with Crippen molar-refractivity contribution in [1.82, 2.24) is 10.2 Å². The molecule has 1 heterocycles. The molecule has 0 spiro atoms. The highest BCUT2D eigenvalue weighted by Gasteiger charge is 2.19. The minimum Gasteiger partial charge on any atom is -0.300 e. The molecular weight excluding hydrogens is 374 g/mol. The third kappa shape index (κ3) is 4.81. The van der Waals surface area contributed by atoms with Crippen molar-refractivity contribution >= 4 is 45.7 Å². The van der Waals surface area contributed by atoms with Crippen molar-refractivity contribution in [3.8, 4) is 10.6 Å². The lowest BCUT2D eigenvalue weighted by atomic mass is 10.2. The Labute approximate surface area is 159 Å². The van der Waals surface area contributed by atoms with Gasteiger partial charge in [-0.3, -0.25) is 10.1 Å². The molecule has 2 aromatic carbocycles. The van der Waals surface area contributed by atoms with E-state index in [1.54, 1.807) is 0 Å². The van der Waals surface area contributed by atoms with Crippen LogP contribution in [0.5, 0.6) is 0 Å². The maximum absolute atomic E-state index is 12.5. The summed E-state index contributed by atoms with van der Waals surface area (Å²) in [4.78, 5) is 13.5. The van der Waals surface area contributed by atoms with Crippen molar-refractivity contribution < 1.29 is 4.79 Å². The molecule has 1 amide bonds. The first kappa shape index (κ1) is 17.9. The van der Waals surface area contributed by atoms with E-state index in [-0.39, 0.29) is 11.2 Å². The summed E-state index contributed by atoms with van der Waals surface area (Å²) in [5, 5.41) is 12.9. The van der Waals surface area contributed by atoms with Crippen LogP contribution in [0, 0.1) is 0 Å². The number of anilines is 1. The standard InChI is InChI=1S/C18H16ClN3OS2/c1-2-15(24-14-10-8-13(19)9-11-14)16(23)20-18-22-21-17(25-18)12-6-4-3-5-7-12/h3-11,15H,2H2,1H3,(H,20,22,23)/t15-/m1/s1. The molecule has 1 N–H and O–H groups in total. The molecule has 3 aromatic rings. The number of amides is 1. The molecule has 1 aromatic heterocycles. The van der Waals surface area contributed by atoms with Crippen molar-refractivity contribution in [2.45, 2.75) is 23.5 Å². The lowest BCUT2D eigenvalue weighted by Crippen LogP contribution is -2.24. The molecule has 25 heavy (non-hydrogen) atoms. The van der Waals surface area contributed by atoms with Crippen molar-refractivity contribution in [3.05, 3.63) is 59.6 Å². The second-order valence-corrected chi connectivity index (χ2v) is 7.93. The van der Waals surface area contributed by atoms with Gasteiger partial charge < -0.3 is 0 Å². The molecule has 0 fully saturated rings. The number of carbonyl (C=O) groups is 1. The van der Waals surface area contributed by atoms with Gasteiger partial charge in [0.05, 0.1) is 5.25 Å². The van der Waals surface area contributed by atoms with Crippen LogP contribution in [0.25, 0.3) is 10.6 Å². The second kappa shape index (κ2) is 8.47. The van der Waals surface area contributed by atoms with Gasteiger partial charge in [0.2, 0.25) is 11.0 Å². The lowest BCUT2D eigenvalue weighted by molar-refractivity contribution is -0.115. The number of nitrogens with one attached hydrogen (secondary N) is 1. The van der Waals surface area contributed by atoms with Crippen molar-refractivity contribution in [2.75, 3.05) is 5.32 Å². The Morgan fingerprint density at radius 1 is 1.16 bits per heavy atom. The summed E-state index contributed by atoms with van der Waals surface area (Å²) in [5.41, 5.74) is 0.989. The zero-order valence-electron chi connectivity index (χ0n) is 13.5. The fourth-order valence-corrected chi connectivity index (χ4v) is 3.99. The fraction of sp³-hybridized carbons (Fsp3) is 0.167. The van der Waals surface area contributed by atoms with E-state index in [0.717, 1.165) is 15.5 Å². The average Bonchev–Trinajstić information content (AvgIpc) is 3.10. The summed E-state index contributed by atoms with van der Waals surface area (Å²) in [5.74, 6) is -0.0711. The van der Waals surface area contributed by atoms with Crippen LogP contribution in [0.4, 0.5) is 5.13 Å². The van der Waals surface area contributed by atoms with Gasteiger partial charge >= 0.3 is 0 Å². The zero-order chi connectivity index (χ0) is 17.6. The third-order valence-electron chi connectivity index (χ3n) is 3.43. The lowest BCUT2D eigenvalue weighted by Gasteiger charge is -2.13. The number of thioether (sulfide) groups is 1. The molecule has 0 bridgehead atoms. The quantitative estimate of drug-likeness (QED) is 0.576. The highest BCUT2D eigenvalue weighted by Crippen LogP contribution is 2.29. The van der Waals surface area contributed by atoms with Crippen LogP contribution in [0.3, 0.4) is 0 Å². The summed E-state index contributed by atoms with van der Waals surface area (Å²) < 4.78 is 0. The highest BCUT2D eigenvalue weighted by molar-refractivity contribution is 8.00. The van der Waals surface area contributed by atoms with Crippen molar-refractivity contribution in [3.63, 3.8) is 0 Å². The van der Waals surface area contributed by atoms with Crippen molar-refractivity contribution in [1.29, 1.82) is 0 Å². The van der Waals surface area contributed by atoms with E-state index in [1.807, 2.05) is 61.5 Å². The van der Waals surface area contributed by atoms with Gasteiger partial charge in [0.15, 0.2) is 0 Å². The van der Waals surface area contributed by atoms with E-state index >= 15 is 0 Å². The van der Waals surface area contributed by atoms with Crippen LogP contribution in [-0.2, 0) is 4.79 Å². The number of nitrogens with zero attached hydrogens (tertiary/aromatic N) is 2. The smallest absolute Gasteiger partial charge is 0.239 e. The second-order valence-electron chi connectivity index (χ2n) is 5.24. The molecule has 3 rings (SSSR count). The first-order valence-corrected chi connectivity index (χ1v) is 9.85. The van der Waals surface area contributed by atoms with E-state index in [2.05, 4.69) is 15.5 Å². The van der Waals surface area contributed by atoms with Gasteiger partial charge in [-0.25, -0.2) is 0 Å². The molecule has 0 saturated heterocycles. The molecule has 0 aliphatic carbocycles. The Hall–Kier alpha value is -1.89. The van der Waals surface area contributed by atoms with Gasteiger partial charge in [-0.05, 0) is 30.7 Å².